The van der Waals surface area contributed by atoms with Gasteiger partial charge in [-0.25, -0.2) is 4.68 Å². The molecule has 0 aliphatic rings. The number of hydrogen-bond acceptors (Lipinski definition) is 5. The van der Waals surface area contributed by atoms with E-state index in [1.54, 1.807) is 13.8 Å². The first-order chi connectivity index (χ1) is 8.92. The number of aryl methyl sites for hydroxylation is 2. The second-order valence-corrected chi connectivity index (χ2v) is 4.32. The van der Waals surface area contributed by atoms with Crippen LogP contribution >= 0.6 is 0 Å². The molecular weight excluding hydrogens is 250 g/mol. The minimum absolute atomic E-state index is 0.0459. The van der Waals surface area contributed by atoms with Gasteiger partial charge in [0.2, 0.25) is 0 Å². The molecule has 0 aromatic carbocycles. The summed E-state index contributed by atoms with van der Waals surface area (Å²) in [5.74, 6) is -0.528. The van der Waals surface area contributed by atoms with E-state index in [1.807, 2.05) is 0 Å². The van der Waals surface area contributed by atoms with Gasteiger partial charge in [0.1, 0.15) is 5.56 Å². The smallest absolute Gasteiger partial charge is 0.279 e. The fourth-order valence-electron chi connectivity index (χ4n) is 1.71. The van der Waals surface area contributed by atoms with Gasteiger partial charge < -0.3 is 15.2 Å². The predicted octanol–water partition coefficient (Wildman–Crippen LogP) is -0.866. The van der Waals surface area contributed by atoms with Crippen LogP contribution in [0.5, 0.6) is 0 Å². The lowest BCUT2D eigenvalue weighted by Crippen LogP contribution is -2.44. The summed E-state index contributed by atoms with van der Waals surface area (Å²) in [7, 11) is 2.96. The molecule has 2 N–H and O–H groups in total. The number of aromatic nitrogens is 2. The van der Waals surface area contributed by atoms with Gasteiger partial charge in [-0.2, -0.15) is 5.10 Å². The van der Waals surface area contributed by atoms with Crippen molar-refractivity contribution in [1.82, 2.24) is 15.1 Å². The Morgan fingerprint density at radius 1 is 1.53 bits per heavy atom. The minimum Gasteiger partial charge on any atom is -0.394 e. The fourth-order valence-corrected chi connectivity index (χ4v) is 1.71. The van der Waals surface area contributed by atoms with Gasteiger partial charge in [-0.05, 0) is 19.4 Å². The summed E-state index contributed by atoms with van der Waals surface area (Å²) < 4.78 is 6.00. The number of ether oxygens (including phenoxy) is 1. The highest BCUT2D eigenvalue weighted by Crippen LogP contribution is 2.06. The SMILES string of the molecule is COCC(CO)NC(=O)c1c(C)c(C)nn(C)c1=O. The number of carbonyl (C=O) groups excluding carboxylic acids is 1. The summed E-state index contributed by atoms with van der Waals surface area (Å²) >= 11 is 0. The maximum absolute atomic E-state index is 12.1. The molecule has 7 nitrogen and oxygen atoms in total. The van der Waals surface area contributed by atoms with Crippen LogP contribution < -0.4 is 10.9 Å². The lowest BCUT2D eigenvalue weighted by molar-refractivity contribution is 0.0836. The van der Waals surface area contributed by atoms with Gasteiger partial charge in [-0.3, -0.25) is 9.59 Å². The van der Waals surface area contributed by atoms with Gasteiger partial charge in [0, 0.05) is 14.2 Å². The number of nitrogens with one attached hydrogen (secondary N) is 1. The van der Waals surface area contributed by atoms with Crippen molar-refractivity contribution in [2.45, 2.75) is 19.9 Å². The molecule has 1 unspecified atom stereocenters. The molecule has 19 heavy (non-hydrogen) atoms. The van der Waals surface area contributed by atoms with Crippen molar-refractivity contribution in [3.8, 4) is 0 Å². The summed E-state index contributed by atoms with van der Waals surface area (Å²) in [4.78, 5) is 24.1. The Hall–Kier alpha value is -1.73. The van der Waals surface area contributed by atoms with Crippen molar-refractivity contribution in [1.29, 1.82) is 0 Å². The largest absolute Gasteiger partial charge is 0.394 e. The molecule has 1 amide bonds. The van der Waals surface area contributed by atoms with Crippen molar-refractivity contribution in [2.75, 3.05) is 20.3 Å². The molecule has 0 saturated carbocycles. The number of amides is 1. The quantitative estimate of drug-likeness (QED) is 0.725. The monoisotopic (exact) mass is 269 g/mol. The van der Waals surface area contributed by atoms with E-state index in [9.17, 15) is 9.59 Å². The average Bonchev–Trinajstić information content (AvgIpc) is 2.36. The summed E-state index contributed by atoms with van der Waals surface area (Å²) in [6.45, 7) is 3.31. The standard InChI is InChI=1S/C12H19N3O4/c1-7-8(2)14-15(3)12(18)10(7)11(17)13-9(5-16)6-19-4/h9,16H,5-6H2,1-4H3,(H,13,17). The van der Waals surface area contributed by atoms with Crippen LogP contribution in [0.4, 0.5) is 0 Å². The normalized spacial score (nSPS) is 12.3. The van der Waals surface area contributed by atoms with E-state index in [0.29, 0.717) is 11.3 Å². The van der Waals surface area contributed by atoms with Gasteiger partial charge in [0.15, 0.2) is 0 Å². The van der Waals surface area contributed by atoms with Crippen LogP contribution in [0.25, 0.3) is 0 Å². The number of nitrogens with zero attached hydrogens (tertiary/aromatic N) is 2. The third kappa shape index (κ3) is 3.39. The Kier molecular flexibility index (Phi) is 5.20. The van der Waals surface area contributed by atoms with Crippen molar-refractivity contribution in [3.63, 3.8) is 0 Å². The summed E-state index contributed by atoms with van der Waals surface area (Å²) in [5, 5.41) is 15.7. The number of methoxy groups -OCH3 is 1. The molecule has 7 heteroatoms. The number of hydrogen-bond donors (Lipinski definition) is 2. The van der Waals surface area contributed by atoms with Crippen LogP contribution in [0.15, 0.2) is 4.79 Å². The Labute approximate surface area is 111 Å². The van der Waals surface area contributed by atoms with Crippen molar-refractivity contribution in [2.24, 2.45) is 7.05 Å². The first-order valence-corrected chi connectivity index (χ1v) is 5.87. The molecule has 0 radical (unpaired) electrons. The molecule has 0 aliphatic carbocycles. The van der Waals surface area contributed by atoms with Gasteiger partial charge in [-0.1, -0.05) is 0 Å². The molecule has 1 rings (SSSR count). The van der Waals surface area contributed by atoms with E-state index in [0.717, 1.165) is 4.68 Å². The van der Waals surface area contributed by atoms with Crippen LogP contribution in [0, 0.1) is 13.8 Å². The zero-order valence-electron chi connectivity index (χ0n) is 11.6. The number of aliphatic hydroxyl groups excluding tert-OH is 1. The summed E-state index contributed by atoms with van der Waals surface area (Å²) in [6.07, 6.45) is 0. The maximum atomic E-state index is 12.1. The van der Waals surface area contributed by atoms with E-state index in [1.165, 1.54) is 14.2 Å². The van der Waals surface area contributed by atoms with E-state index in [-0.39, 0.29) is 18.8 Å². The molecule has 0 spiro atoms. The molecule has 0 bridgehead atoms. The van der Waals surface area contributed by atoms with Gasteiger partial charge in [-0.15, -0.1) is 0 Å². The van der Waals surface area contributed by atoms with Crippen LogP contribution in [0.3, 0.4) is 0 Å². The predicted molar refractivity (Wildman–Crippen MR) is 69.2 cm³/mol. The van der Waals surface area contributed by atoms with E-state index >= 15 is 0 Å². The highest BCUT2D eigenvalue weighted by molar-refractivity contribution is 5.95. The topological polar surface area (TPSA) is 93.4 Å². The van der Waals surface area contributed by atoms with Crippen LogP contribution in [-0.2, 0) is 11.8 Å². The Balaban J connectivity index is 3.10. The highest BCUT2D eigenvalue weighted by atomic mass is 16.5. The average molecular weight is 269 g/mol. The lowest BCUT2D eigenvalue weighted by Gasteiger charge is -2.16. The number of carbonyl (C=O) groups is 1. The fraction of sp³-hybridized carbons (Fsp3) is 0.583. The molecular formula is C12H19N3O4. The Morgan fingerprint density at radius 3 is 2.68 bits per heavy atom. The van der Waals surface area contributed by atoms with Crippen LogP contribution in [0.2, 0.25) is 0 Å². The second-order valence-electron chi connectivity index (χ2n) is 4.32. The van der Waals surface area contributed by atoms with Gasteiger partial charge in [0.25, 0.3) is 11.5 Å². The first-order valence-electron chi connectivity index (χ1n) is 5.87. The van der Waals surface area contributed by atoms with E-state index in [2.05, 4.69) is 10.4 Å². The highest BCUT2D eigenvalue weighted by Gasteiger charge is 2.20. The van der Waals surface area contributed by atoms with Crippen LogP contribution in [0.1, 0.15) is 21.6 Å². The van der Waals surface area contributed by atoms with Gasteiger partial charge in [0.05, 0.1) is 24.9 Å². The summed E-state index contributed by atoms with van der Waals surface area (Å²) in [6, 6.07) is -0.546. The van der Waals surface area contributed by atoms with Crippen LogP contribution in [-0.4, -0.2) is 47.2 Å². The minimum atomic E-state index is -0.546. The molecule has 0 fully saturated rings. The second kappa shape index (κ2) is 6.44. The molecule has 1 atom stereocenters. The third-order valence-electron chi connectivity index (χ3n) is 2.88. The first kappa shape index (κ1) is 15.3. The van der Waals surface area contributed by atoms with Crippen molar-refractivity contribution in [3.05, 3.63) is 27.2 Å². The molecule has 1 aromatic heterocycles. The number of rotatable bonds is 5. The molecule has 0 aliphatic heterocycles. The van der Waals surface area contributed by atoms with Crippen molar-refractivity contribution >= 4 is 5.91 Å². The Morgan fingerprint density at radius 2 is 2.16 bits per heavy atom. The zero-order chi connectivity index (χ0) is 14.6. The number of aliphatic hydroxyl groups is 1. The molecule has 1 aromatic rings. The molecule has 106 valence electrons. The van der Waals surface area contributed by atoms with E-state index < -0.39 is 17.5 Å². The lowest BCUT2D eigenvalue weighted by atomic mass is 10.1. The maximum Gasteiger partial charge on any atom is 0.279 e. The van der Waals surface area contributed by atoms with E-state index in [4.69, 9.17) is 9.84 Å². The third-order valence-corrected chi connectivity index (χ3v) is 2.88. The van der Waals surface area contributed by atoms with Gasteiger partial charge >= 0.3 is 0 Å². The zero-order valence-corrected chi connectivity index (χ0v) is 11.6. The summed E-state index contributed by atoms with van der Waals surface area (Å²) in [5.41, 5.74) is 0.730. The molecule has 1 heterocycles. The Bertz CT molecular complexity index is 524. The molecule has 0 saturated heterocycles. The van der Waals surface area contributed by atoms with Crippen molar-refractivity contribution < 1.29 is 14.6 Å².